The number of hydrogen-bond donors (Lipinski definition) is 2. The van der Waals surface area contributed by atoms with E-state index in [-0.39, 0.29) is 35.5 Å². The van der Waals surface area contributed by atoms with Crippen molar-refractivity contribution in [2.45, 2.75) is 18.7 Å². The zero-order valence-electron chi connectivity index (χ0n) is 15.0. The van der Waals surface area contributed by atoms with Gasteiger partial charge in [-0.25, -0.2) is 8.42 Å². The molecule has 1 aromatic heterocycles. The minimum absolute atomic E-state index is 0. The molecule has 0 unspecified atom stereocenters. The number of aliphatic imine (C=N–C) groups is 1. The Hall–Kier alpha value is -1.55. The largest absolute Gasteiger partial charge is 0.356 e. The summed E-state index contributed by atoms with van der Waals surface area (Å²) < 4.78 is 26.4. The van der Waals surface area contributed by atoms with Crippen molar-refractivity contribution in [1.29, 1.82) is 0 Å². The van der Waals surface area contributed by atoms with Crippen molar-refractivity contribution in [2.24, 2.45) is 4.99 Å². The third kappa shape index (κ3) is 8.70. The van der Waals surface area contributed by atoms with Crippen LogP contribution in [0.4, 0.5) is 0 Å². The maximum absolute atomic E-state index is 12.1. The summed E-state index contributed by atoms with van der Waals surface area (Å²) in [7, 11) is -1.38. The van der Waals surface area contributed by atoms with Crippen LogP contribution < -0.4 is 10.6 Å². The van der Waals surface area contributed by atoms with Gasteiger partial charge in [0.05, 0.1) is 11.5 Å². The molecule has 0 fully saturated rings. The van der Waals surface area contributed by atoms with Gasteiger partial charge in [0, 0.05) is 39.1 Å². The van der Waals surface area contributed by atoms with E-state index >= 15 is 0 Å². The van der Waals surface area contributed by atoms with E-state index in [1.165, 1.54) is 0 Å². The van der Waals surface area contributed by atoms with Crippen LogP contribution in [0.5, 0.6) is 0 Å². The predicted molar refractivity (Wildman–Crippen MR) is 118 cm³/mol. The van der Waals surface area contributed by atoms with E-state index in [1.54, 1.807) is 7.05 Å². The maximum atomic E-state index is 12.1. The number of hydrogen-bond acceptors (Lipinski definition) is 3. The van der Waals surface area contributed by atoms with Gasteiger partial charge < -0.3 is 15.2 Å². The summed E-state index contributed by atoms with van der Waals surface area (Å²) in [6, 6.07) is 13.3. The Labute approximate surface area is 173 Å². The molecule has 0 aliphatic rings. The monoisotopic (exact) mass is 490 g/mol. The van der Waals surface area contributed by atoms with Gasteiger partial charge in [0.25, 0.3) is 0 Å². The van der Waals surface area contributed by atoms with E-state index < -0.39 is 9.84 Å². The van der Waals surface area contributed by atoms with Crippen LogP contribution in [0.2, 0.25) is 0 Å². The minimum atomic E-state index is -3.09. The van der Waals surface area contributed by atoms with Crippen LogP contribution in [-0.2, 0) is 22.1 Å². The molecule has 0 bridgehead atoms. The molecule has 1 heterocycles. The molecule has 0 saturated carbocycles. The van der Waals surface area contributed by atoms with Crippen molar-refractivity contribution in [3.63, 3.8) is 0 Å². The SMILES string of the molecule is CN=C(NCCCS(=O)(=O)Cc1ccccc1)NCCn1cccc1.I. The first-order chi connectivity index (χ1) is 12.1. The number of rotatable bonds is 9. The Kier molecular flexibility index (Phi) is 10.3. The van der Waals surface area contributed by atoms with E-state index in [0.29, 0.717) is 18.9 Å². The van der Waals surface area contributed by atoms with Crippen LogP contribution in [0.1, 0.15) is 12.0 Å². The molecule has 0 aliphatic carbocycles. The first-order valence-corrected chi connectivity index (χ1v) is 10.2. The summed E-state index contributed by atoms with van der Waals surface area (Å²) in [5, 5.41) is 6.36. The molecule has 0 aliphatic heterocycles. The molecule has 0 amide bonds. The molecule has 2 N–H and O–H groups in total. The molecule has 26 heavy (non-hydrogen) atoms. The summed E-state index contributed by atoms with van der Waals surface area (Å²) in [5.74, 6) is 0.944. The Bertz CT molecular complexity index is 747. The highest BCUT2D eigenvalue weighted by molar-refractivity contribution is 14.0. The van der Waals surface area contributed by atoms with Crippen molar-refractivity contribution in [3.05, 3.63) is 60.4 Å². The van der Waals surface area contributed by atoms with Crippen LogP contribution in [-0.4, -0.2) is 44.8 Å². The number of guanidine groups is 1. The Morgan fingerprint density at radius 3 is 2.35 bits per heavy atom. The lowest BCUT2D eigenvalue weighted by molar-refractivity contribution is 0.591. The maximum Gasteiger partial charge on any atom is 0.191 e. The van der Waals surface area contributed by atoms with Crippen LogP contribution in [0.3, 0.4) is 0 Å². The Morgan fingerprint density at radius 2 is 1.69 bits per heavy atom. The molecule has 0 radical (unpaired) electrons. The highest BCUT2D eigenvalue weighted by Crippen LogP contribution is 2.06. The fourth-order valence-corrected chi connectivity index (χ4v) is 3.87. The number of nitrogens with zero attached hydrogens (tertiary/aromatic N) is 2. The average Bonchev–Trinajstić information content (AvgIpc) is 3.11. The Morgan fingerprint density at radius 1 is 1.04 bits per heavy atom. The second kappa shape index (κ2) is 11.9. The average molecular weight is 490 g/mol. The molecule has 0 saturated heterocycles. The van der Waals surface area contributed by atoms with Gasteiger partial charge in [-0.1, -0.05) is 30.3 Å². The minimum Gasteiger partial charge on any atom is -0.356 e. The third-order valence-electron chi connectivity index (χ3n) is 3.71. The number of benzene rings is 1. The molecule has 2 aromatic rings. The molecule has 0 spiro atoms. The van der Waals surface area contributed by atoms with Crippen molar-refractivity contribution in [3.8, 4) is 0 Å². The van der Waals surface area contributed by atoms with Gasteiger partial charge in [-0.3, -0.25) is 4.99 Å². The van der Waals surface area contributed by atoms with Crippen LogP contribution in [0.25, 0.3) is 0 Å². The van der Waals surface area contributed by atoms with Crippen LogP contribution in [0, 0.1) is 0 Å². The smallest absolute Gasteiger partial charge is 0.191 e. The first-order valence-electron chi connectivity index (χ1n) is 8.39. The summed E-state index contributed by atoms with van der Waals surface area (Å²) in [6.45, 7) is 2.16. The molecule has 8 heteroatoms. The molecule has 1 aromatic carbocycles. The van der Waals surface area contributed by atoms with Crippen molar-refractivity contribution < 1.29 is 8.42 Å². The van der Waals surface area contributed by atoms with Gasteiger partial charge >= 0.3 is 0 Å². The zero-order chi connectivity index (χ0) is 18.0. The fraction of sp³-hybridized carbons (Fsp3) is 0.389. The second-order valence-corrected chi connectivity index (χ2v) is 7.96. The van der Waals surface area contributed by atoms with Gasteiger partial charge in [-0.2, -0.15) is 0 Å². The van der Waals surface area contributed by atoms with E-state index in [2.05, 4.69) is 20.2 Å². The molecule has 6 nitrogen and oxygen atoms in total. The zero-order valence-corrected chi connectivity index (χ0v) is 18.1. The summed E-state index contributed by atoms with van der Waals surface area (Å²) in [4.78, 5) is 4.14. The van der Waals surface area contributed by atoms with E-state index in [1.807, 2.05) is 54.9 Å². The van der Waals surface area contributed by atoms with Gasteiger partial charge in [0.1, 0.15) is 0 Å². The summed E-state index contributed by atoms with van der Waals surface area (Å²) in [6.07, 6.45) is 4.57. The lowest BCUT2D eigenvalue weighted by Crippen LogP contribution is -2.39. The van der Waals surface area contributed by atoms with E-state index in [4.69, 9.17) is 0 Å². The number of aromatic nitrogens is 1. The topological polar surface area (TPSA) is 75.5 Å². The van der Waals surface area contributed by atoms with Crippen LogP contribution >= 0.6 is 24.0 Å². The van der Waals surface area contributed by atoms with E-state index in [9.17, 15) is 8.42 Å². The highest BCUT2D eigenvalue weighted by atomic mass is 127. The summed E-state index contributed by atoms with van der Waals surface area (Å²) in [5.41, 5.74) is 0.831. The normalized spacial score (nSPS) is 11.7. The third-order valence-corrected chi connectivity index (χ3v) is 5.39. The Balaban J connectivity index is 0.00000338. The quantitative estimate of drug-likeness (QED) is 0.245. The van der Waals surface area contributed by atoms with Crippen molar-refractivity contribution in [1.82, 2.24) is 15.2 Å². The first kappa shape index (κ1) is 22.5. The van der Waals surface area contributed by atoms with Gasteiger partial charge in [0.15, 0.2) is 15.8 Å². The number of nitrogens with one attached hydrogen (secondary N) is 2. The highest BCUT2D eigenvalue weighted by Gasteiger charge is 2.11. The van der Waals surface area contributed by atoms with Crippen molar-refractivity contribution >= 4 is 39.8 Å². The van der Waals surface area contributed by atoms with Crippen LogP contribution in [0.15, 0.2) is 59.9 Å². The second-order valence-electron chi connectivity index (χ2n) is 5.78. The summed E-state index contributed by atoms with van der Waals surface area (Å²) >= 11 is 0. The number of sulfone groups is 1. The molecule has 0 atom stereocenters. The van der Waals surface area contributed by atoms with Crippen molar-refractivity contribution in [2.75, 3.05) is 25.9 Å². The van der Waals surface area contributed by atoms with Gasteiger partial charge in [-0.05, 0) is 24.1 Å². The van der Waals surface area contributed by atoms with Gasteiger partial charge in [0.2, 0.25) is 0 Å². The standard InChI is InChI=1S/C18H26N4O2S.HI/c1-19-18(21-11-14-22-12-5-6-13-22)20-10-7-15-25(23,24)16-17-8-3-2-4-9-17;/h2-6,8-9,12-13H,7,10-11,14-16H2,1H3,(H2,19,20,21);1H. The fourth-order valence-electron chi connectivity index (χ4n) is 2.44. The molecule has 144 valence electrons. The lowest BCUT2D eigenvalue weighted by Gasteiger charge is -2.12. The lowest BCUT2D eigenvalue weighted by atomic mass is 10.2. The molecular weight excluding hydrogens is 463 g/mol. The van der Waals surface area contributed by atoms with Gasteiger partial charge in [-0.15, -0.1) is 24.0 Å². The van der Waals surface area contributed by atoms with E-state index in [0.717, 1.165) is 18.7 Å². The number of halogens is 1. The molecular formula is C18H27IN4O2S. The molecule has 2 rings (SSSR count). The predicted octanol–water partition coefficient (Wildman–Crippen LogP) is 2.28.